The fraction of sp³-hybridized carbons (Fsp3) is 0.429. The molecule has 0 aliphatic heterocycles. The van der Waals surface area contributed by atoms with Gasteiger partial charge in [-0.15, -0.1) is 0 Å². The number of likely N-dealkylation sites (N-methyl/N-ethyl adjacent to an activating group) is 1. The van der Waals surface area contributed by atoms with Crippen molar-refractivity contribution in [1.82, 2.24) is 4.90 Å². The van der Waals surface area contributed by atoms with Crippen molar-refractivity contribution in [2.75, 3.05) is 40.5 Å². The van der Waals surface area contributed by atoms with Gasteiger partial charge in [0, 0.05) is 6.54 Å². The first-order valence-corrected chi connectivity index (χ1v) is 8.75. The smallest absolute Gasteiger partial charge is 0.108 e. The maximum atomic E-state index is 6.28. The van der Waals surface area contributed by atoms with Crippen LogP contribution in [0.25, 0.3) is 0 Å². The lowest BCUT2D eigenvalue weighted by Gasteiger charge is -2.21. The van der Waals surface area contributed by atoms with Gasteiger partial charge in [-0.1, -0.05) is 48.5 Å². The molecule has 0 bridgehead atoms. The number of fused-ring (bicyclic) bond motifs is 2. The molecule has 3 nitrogen and oxygen atoms in total. The Morgan fingerprint density at radius 2 is 1.42 bits per heavy atom. The number of hydrogen-bond donors (Lipinski definition) is 0. The maximum Gasteiger partial charge on any atom is 0.108 e. The van der Waals surface area contributed by atoms with Crippen LogP contribution in [0.2, 0.25) is 0 Å². The SMILES string of the molecule is CN(C)CCOCCOC1c2ccccc2CCc2ccccc21. The fourth-order valence-corrected chi connectivity index (χ4v) is 3.23. The molecular weight excluding hydrogens is 298 g/mol. The molecule has 0 amide bonds. The molecule has 0 radical (unpaired) electrons. The van der Waals surface area contributed by atoms with Crippen LogP contribution < -0.4 is 0 Å². The van der Waals surface area contributed by atoms with Crippen molar-refractivity contribution in [3.05, 3.63) is 70.8 Å². The zero-order valence-electron chi connectivity index (χ0n) is 14.7. The quantitative estimate of drug-likeness (QED) is 0.728. The van der Waals surface area contributed by atoms with Crippen LogP contribution in [0.4, 0.5) is 0 Å². The largest absolute Gasteiger partial charge is 0.378 e. The first-order valence-electron chi connectivity index (χ1n) is 8.75. The Morgan fingerprint density at radius 1 is 0.833 bits per heavy atom. The van der Waals surface area contributed by atoms with Crippen molar-refractivity contribution in [2.45, 2.75) is 18.9 Å². The van der Waals surface area contributed by atoms with Gasteiger partial charge in [0.05, 0.1) is 19.8 Å². The second-order valence-corrected chi connectivity index (χ2v) is 6.56. The Kier molecular flexibility index (Phi) is 6.02. The number of aryl methyl sites for hydroxylation is 2. The zero-order valence-corrected chi connectivity index (χ0v) is 14.7. The Labute approximate surface area is 145 Å². The van der Waals surface area contributed by atoms with Gasteiger partial charge in [-0.05, 0) is 49.2 Å². The van der Waals surface area contributed by atoms with Crippen molar-refractivity contribution in [1.29, 1.82) is 0 Å². The third-order valence-corrected chi connectivity index (χ3v) is 4.53. The minimum absolute atomic E-state index is 0.0114. The predicted molar refractivity (Wildman–Crippen MR) is 97.5 cm³/mol. The van der Waals surface area contributed by atoms with E-state index in [-0.39, 0.29) is 6.10 Å². The molecule has 2 aromatic rings. The second-order valence-electron chi connectivity index (χ2n) is 6.56. The summed E-state index contributed by atoms with van der Waals surface area (Å²) in [5, 5.41) is 0. The molecule has 128 valence electrons. The van der Waals surface area contributed by atoms with E-state index < -0.39 is 0 Å². The molecule has 0 fully saturated rings. The third kappa shape index (κ3) is 4.23. The highest BCUT2D eigenvalue weighted by atomic mass is 16.5. The van der Waals surface area contributed by atoms with Gasteiger partial charge in [0.25, 0.3) is 0 Å². The average molecular weight is 325 g/mol. The van der Waals surface area contributed by atoms with Crippen LogP contribution in [-0.4, -0.2) is 45.4 Å². The van der Waals surface area contributed by atoms with E-state index in [9.17, 15) is 0 Å². The molecule has 3 rings (SSSR count). The maximum absolute atomic E-state index is 6.28. The van der Waals surface area contributed by atoms with Crippen molar-refractivity contribution >= 4 is 0 Å². The number of rotatable bonds is 7. The summed E-state index contributed by atoms with van der Waals surface area (Å²) in [6.07, 6.45) is 2.16. The molecule has 1 aliphatic carbocycles. The first-order chi connectivity index (χ1) is 11.8. The van der Waals surface area contributed by atoms with Crippen LogP contribution in [0.1, 0.15) is 28.4 Å². The molecule has 0 heterocycles. The summed E-state index contributed by atoms with van der Waals surface area (Å²) in [5.74, 6) is 0. The van der Waals surface area contributed by atoms with Crippen LogP contribution in [0.5, 0.6) is 0 Å². The minimum Gasteiger partial charge on any atom is -0.378 e. The monoisotopic (exact) mass is 325 g/mol. The number of hydrogen-bond acceptors (Lipinski definition) is 3. The third-order valence-electron chi connectivity index (χ3n) is 4.53. The van der Waals surface area contributed by atoms with Gasteiger partial charge in [-0.25, -0.2) is 0 Å². The molecule has 0 unspecified atom stereocenters. The number of nitrogens with zero attached hydrogens (tertiary/aromatic N) is 1. The lowest BCUT2D eigenvalue weighted by Crippen LogP contribution is -2.19. The van der Waals surface area contributed by atoms with E-state index in [4.69, 9.17) is 9.47 Å². The zero-order chi connectivity index (χ0) is 16.8. The van der Waals surface area contributed by atoms with Crippen molar-refractivity contribution in [3.63, 3.8) is 0 Å². The summed E-state index contributed by atoms with van der Waals surface area (Å²) in [6, 6.07) is 17.3. The highest BCUT2D eigenvalue weighted by Gasteiger charge is 2.23. The molecule has 0 atom stereocenters. The highest BCUT2D eigenvalue weighted by molar-refractivity contribution is 5.43. The minimum atomic E-state index is 0.0114. The lowest BCUT2D eigenvalue weighted by molar-refractivity contribution is 0.0165. The molecule has 2 aromatic carbocycles. The molecule has 3 heteroatoms. The van der Waals surface area contributed by atoms with Crippen LogP contribution >= 0.6 is 0 Å². The van der Waals surface area contributed by atoms with E-state index in [0.29, 0.717) is 13.2 Å². The fourth-order valence-electron chi connectivity index (χ4n) is 3.23. The highest BCUT2D eigenvalue weighted by Crippen LogP contribution is 2.34. The predicted octanol–water partition coefficient (Wildman–Crippen LogP) is 3.47. The standard InChI is InChI=1S/C21H27NO2/c1-22(2)13-14-23-15-16-24-21-19-9-5-3-7-17(19)11-12-18-8-4-6-10-20(18)21/h3-10,21H,11-16H2,1-2H3. The van der Waals surface area contributed by atoms with E-state index >= 15 is 0 Å². The van der Waals surface area contributed by atoms with E-state index in [0.717, 1.165) is 26.0 Å². The van der Waals surface area contributed by atoms with Gasteiger partial charge in [0.15, 0.2) is 0 Å². The Bertz CT molecular complexity index is 606. The summed E-state index contributed by atoms with van der Waals surface area (Å²) >= 11 is 0. The Hall–Kier alpha value is -1.68. The normalized spacial score (nSPS) is 14.3. The lowest BCUT2D eigenvalue weighted by atomic mass is 9.97. The van der Waals surface area contributed by atoms with Gasteiger partial charge in [0.2, 0.25) is 0 Å². The number of ether oxygens (including phenoxy) is 2. The average Bonchev–Trinajstić information content (AvgIpc) is 2.75. The summed E-state index contributed by atoms with van der Waals surface area (Å²) < 4.78 is 12.0. The molecular formula is C21H27NO2. The number of benzene rings is 2. The molecule has 0 N–H and O–H groups in total. The molecule has 0 saturated carbocycles. The topological polar surface area (TPSA) is 21.7 Å². The van der Waals surface area contributed by atoms with Crippen LogP contribution in [-0.2, 0) is 22.3 Å². The van der Waals surface area contributed by atoms with Gasteiger partial charge in [-0.3, -0.25) is 0 Å². The van der Waals surface area contributed by atoms with Crippen molar-refractivity contribution < 1.29 is 9.47 Å². The molecule has 0 aromatic heterocycles. The first kappa shape index (κ1) is 17.2. The van der Waals surface area contributed by atoms with Gasteiger partial charge in [-0.2, -0.15) is 0 Å². The summed E-state index contributed by atoms with van der Waals surface area (Å²) in [5.41, 5.74) is 5.39. The summed E-state index contributed by atoms with van der Waals surface area (Å²) in [4.78, 5) is 2.12. The molecule has 1 aliphatic rings. The van der Waals surface area contributed by atoms with Crippen LogP contribution in [0.3, 0.4) is 0 Å². The van der Waals surface area contributed by atoms with E-state index in [1.165, 1.54) is 22.3 Å². The van der Waals surface area contributed by atoms with E-state index in [1.807, 2.05) is 0 Å². The molecule has 24 heavy (non-hydrogen) atoms. The van der Waals surface area contributed by atoms with Gasteiger partial charge >= 0.3 is 0 Å². The van der Waals surface area contributed by atoms with Gasteiger partial charge in [0.1, 0.15) is 6.10 Å². The second kappa shape index (κ2) is 8.43. The summed E-state index contributed by atoms with van der Waals surface area (Å²) in [6.45, 7) is 2.93. The van der Waals surface area contributed by atoms with Crippen molar-refractivity contribution in [2.24, 2.45) is 0 Å². The molecule has 0 saturated heterocycles. The van der Waals surface area contributed by atoms with Gasteiger partial charge < -0.3 is 14.4 Å². The summed E-state index contributed by atoms with van der Waals surface area (Å²) in [7, 11) is 4.11. The van der Waals surface area contributed by atoms with E-state index in [2.05, 4.69) is 67.5 Å². The Morgan fingerprint density at radius 3 is 2.00 bits per heavy atom. The van der Waals surface area contributed by atoms with Crippen molar-refractivity contribution in [3.8, 4) is 0 Å². The Balaban J connectivity index is 1.69. The van der Waals surface area contributed by atoms with Crippen LogP contribution in [0, 0.1) is 0 Å². The van der Waals surface area contributed by atoms with Crippen LogP contribution in [0.15, 0.2) is 48.5 Å². The molecule has 0 spiro atoms. The van der Waals surface area contributed by atoms with E-state index in [1.54, 1.807) is 0 Å².